The number of thioether (sulfide) groups is 1. The number of halogens is 2. The number of anilines is 1. The number of hydrogen-bond donors (Lipinski definition) is 2. The molecule has 1 aliphatic rings. The zero-order valence-electron chi connectivity index (χ0n) is 17.9. The summed E-state index contributed by atoms with van der Waals surface area (Å²) in [5, 5.41) is 7.16. The molecule has 0 radical (unpaired) electrons. The van der Waals surface area contributed by atoms with Crippen molar-refractivity contribution in [2.75, 3.05) is 17.7 Å². The van der Waals surface area contributed by atoms with E-state index in [1.165, 1.54) is 11.8 Å². The summed E-state index contributed by atoms with van der Waals surface area (Å²) in [5.74, 6) is -0.513. The van der Waals surface area contributed by atoms with Gasteiger partial charge in [0.25, 0.3) is 0 Å². The SMILES string of the molecule is CCOC(=O)C1=C(C)NC(SCC(=O)Nc2cccc(C)c2)=N[C@H]1c1cccc(Cl)c1Cl. The molecule has 1 atom stereocenters. The quantitative estimate of drug-likeness (QED) is 0.520. The Hall–Kier alpha value is -2.48. The molecule has 0 aliphatic carbocycles. The van der Waals surface area contributed by atoms with Gasteiger partial charge in [-0.15, -0.1) is 0 Å². The molecule has 0 saturated heterocycles. The van der Waals surface area contributed by atoms with Crippen molar-refractivity contribution in [3.8, 4) is 0 Å². The Kier molecular flexibility index (Phi) is 8.23. The van der Waals surface area contributed by atoms with Crippen molar-refractivity contribution in [3.63, 3.8) is 0 Å². The molecule has 0 saturated carbocycles. The van der Waals surface area contributed by atoms with Gasteiger partial charge in [-0.05, 0) is 44.5 Å². The van der Waals surface area contributed by atoms with Crippen LogP contribution in [0, 0.1) is 6.92 Å². The molecule has 3 rings (SSSR count). The van der Waals surface area contributed by atoms with E-state index in [9.17, 15) is 9.59 Å². The van der Waals surface area contributed by atoms with Gasteiger partial charge in [-0.1, -0.05) is 59.2 Å². The van der Waals surface area contributed by atoms with E-state index in [2.05, 4.69) is 15.6 Å². The summed E-state index contributed by atoms with van der Waals surface area (Å²) >= 11 is 13.9. The van der Waals surface area contributed by atoms with Gasteiger partial charge in [0.1, 0.15) is 6.04 Å². The van der Waals surface area contributed by atoms with E-state index >= 15 is 0 Å². The first-order valence-corrected chi connectivity index (χ1v) is 11.7. The minimum absolute atomic E-state index is 0.137. The van der Waals surface area contributed by atoms with Gasteiger partial charge in [-0.25, -0.2) is 9.79 Å². The lowest BCUT2D eigenvalue weighted by atomic mass is 9.96. The Labute approximate surface area is 201 Å². The summed E-state index contributed by atoms with van der Waals surface area (Å²) in [5.41, 5.74) is 3.32. The number of nitrogens with zero attached hydrogens (tertiary/aromatic N) is 1. The number of aryl methyl sites for hydroxylation is 1. The molecule has 9 heteroatoms. The third-order valence-corrected chi connectivity index (χ3v) is 6.35. The summed E-state index contributed by atoms with van der Waals surface area (Å²) in [6, 6.07) is 12.1. The highest BCUT2D eigenvalue weighted by Crippen LogP contribution is 2.39. The van der Waals surface area contributed by atoms with Crippen LogP contribution in [0.1, 0.15) is 31.0 Å². The topological polar surface area (TPSA) is 79.8 Å². The molecule has 0 unspecified atom stereocenters. The zero-order valence-corrected chi connectivity index (χ0v) is 20.2. The maximum atomic E-state index is 12.7. The Balaban J connectivity index is 1.82. The third-order valence-electron chi connectivity index (χ3n) is 4.63. The molecule has 2 aromatic carbocycles. The van der Waals surface area contributed by atoms with Crippen LogP contribution in [0.15, 0.2) is 58.7 Å². The van der Waals surface area contributed by atoms with Gasteiger partial charge >= 0.3 is 5.97 Å². The normalized spacial score (nSPS) is 15.7. The molecule has 1 amide bonds. The number of nitrogens with one attached hydrogen (secondary N) is 2. The number of amides is 1. The van der Waals surface area contributed by atoms with Gasteiger partial charge in [0, 0.05) is 16.9 Å². The molecule has 1 aliphatic heterocycles. The second-order valence-corrected chi connectivity index (χ2v) is 8.82. The average Bonchev–Trinajstić information content (AvgIpc) is 2.74. The largest absolute Gasteiger partial charge is 0.463 e. The first-order valence-electron chi connectivity index (χ1n) is 9.96. The maximum Gasteiger partial charge on any atom is 0.338 e. The fraction of sp³-hybridized carbons (Fsp3) is 0.261. The fourth-order valence-electron chi connectivity index (χ4n) is 3.20. The minimum Gasteiger partial charge on any atom is -0.463 e. The molecule has 0 bridgehead atoms. The number of hydrogen-bond acceptors (Lipinski definition) is 6. The first kappa shape index (κ1) is 24.2. The first-order chi connectivity index (χ1) is 15.3. The van der Waals surface area contributed by atoms with Gasteiger partial charge in [-0.3, -0.25) is 4.79 Å². The molecule has 0 aromatic heterocycles. The highest BCUT2D eigenvalue weighted by atomic mass is 35.5. The third kappa shape index (κ3) is 5.85. The van der Waals surface area contributed by atoms with E-state index in [1.54, 1.807) is 32.0 Å². The zero-order chi connectivity index (χ0) is 23.3. The van der Waals surface area contributed by atoms with Gasteiger partial charge in [0.2, 0.25) is 5.91 Å². The van der Waals surface area contributed by atoms with Gasteiger partial charge < -0.3 is 15.4 Å². The standard InChI is InChI=1S/C23H23Cl2N3O3S/c1-4-31-22(30)19-14(3)26-23(28-21(19)16-9-6-10-17(24)20(16)25)32-12-18(29)27-15-8-5-7-13(2)11-15/h5-11,21H,4,12H2,1-3H3,(H,26,28)(H,27,29)/t21-/m0/s1. The summed E-state index contributed by atoms with van der Waals surface area (Å²) < 4.78 is 5.23. The van der Waals surface area contributed by atoms with E-state index in [0.29, 0.717) is 32.0 Å². The highest BCUT2D eigenvalue weighted by molar-refractivity contribution is 8.14. The number of amidine groups is 1. The highest BCUT2D eigenvalue weighted by Gasteiger charge is 2.32. The van der Waals surface area contributed by atoms with Crippen molar-refractivity contribution in [2.24, 2.45) is 4.99 Å². The van der Waals surface area contributed by atoms with Crippen LogP contribution in [0.5, 0.6) is 0 Å². The van der Waals surface area contributed by atoms with Crippen LogP contribution in [0.25, 0.3) is 0 Å². The molecule has 2 N–H and O–H groups in total. The van der Waals surface area contributed by atoms with E-state index < -0.39 is 12.0 Å². The minimum atomic E-state index is -0.705. The number of esters is 1. The molecule has 0 fully saturated rings. The van der Waals surface area contributed by atoms with Gasteiger partial charge in [0.15, 0.2) is 5.17 Å². The molecule has 1 heterocycles. The molecular formula is C23H23Cl2N3O3S. The average molecular weight is 492 g/mol. The van der Waals surface area contributed by atoms with Gasteiger partial charge in [-0.2, -0.15) is 0 Å². The van der Waals surface area contributed by atoms with Crippen molar-refractivity contribution < 1.29 is 14.3 Å². The van der Waals surface area contributed by atoms with Gasteiger partial charge in [0.05, 0.1) is 28.0 Å². The van der Waals surface area contributed by atoms with Crippen LogP contribution in [-0.4, -0.2) is 29.4 Å². The summed E-state index contributed by atoms with van der Waals surface area (Å²) in [4.78, 5) is 29.7. The number of carbonyl (C=O) groups is 2. The predicted molar refractivity (Wildman–Crippen MR) is 131 cm³/mol. The van der Waals surface area contributed by atoms with E-state index in [4.69, 9.17) is 27.9 Å². The Bertz CT molecular complexity index is 1100. The Morgan fingerprint density at radius 1 is 1.19 bits per heavy atom. The Morgan fingerprint density at radius 3 is 2.66 bits per heavy atom. The van der Waals surface area contributed by atoms with E-state index in [1.807, 2.05) is 31.2 Å². The maximum absolute atomic E-state index is 12.7. The summed E-state index contributed by atoms with van der Waals surface area (Å²) in [7, 11) is 0. The van der Waals surface area contributed by atoms with Crippen LogP contribution >= 0.6 is 35.0 Å². The Morgan fingerprint density at radius 2 is 1.94 bits per heavy atom. The van der Waals surface area contributed by atoms with Crippen molar-refractivity contribution in [1.29, 1.82) is 0 Å². The second-order valence-electron chi connectivity index (χ2n) is 7.07. The van der Waals surface area contributed by atoms with E-state index in [0.717, 1.165) is 11.3 Å². The van der Waals surface area contributed by atoms with Crippen molar-refractivity contribution in [1.82, 2.24) is 5.32 Å². The number of carbonyl (C=O) groups excluding carboxylic acids is 2. The molecular weight excluding hydrogens is 469 g/mol. The van der Waals surface area contributed by atoms with Crippen LogP contribution in [0.3, 0.4) is 0 Å². The molecule has 2 aromatic rings. The lowest BCUT2D eigenvalue weighted by Crippen LogP contribution is -2.31. The summed E-state index contributed by atoms with van der Waals surface area (Å²) in [6.45, 7) is 5.70. The van der Waals surface area contributed by atoms with Crippen molar-refractivity contribution >= 4 is 57.7 Å². The number of rotatable bonds is 6. The van der Waals surface area contributed by atoms with E-state index in [-0.39, 0.29) is 18.3 Å². The van der Waals surface area contributed by atoms with Crippen LogP contribution in [0.4, 0.5) is 5.69 Å². The number of benzene rings is 2. The monoisotopic (exact) mass is 491 g/mol. The molecule has 6 nitrogen and oxygen atoms in total. The predicted octanol–water partition coefficient (Wildman–Crippen LogP) is 5.51. The van der Waals surface area contributed by atoms with Crippen molar-refractivity contribution in [2.45, 2.75) is 26.8 Å². The van der Waals surface area contributed by atoms with Crippen LogP contribution in [0.2, 0.25) is 10.0 Å². The fourth-order valence-corrected chi connectivity index (χ4v) is 4.36. The smallest absolute Gasteiger partial charge is 0.338 e. The summed E-state index contributed by atoms with van der Waals surface area (Å²) in [6.07, 6.45) is 0. The molecule has 0 spiro atoms. The number of ether oxygens (including phenoxy) is 1. The van der Waals surface area contributed by atoms with Crippen molar-refractivity contribution in [3.05, 3.63) is 74.9 Å². The second kappa shape index (κ2) is 10.9. The number of allylic oxidation sites excluding steroid dienone is 1. The van der Waals surface area contributed by atoms with Crippen LogP contribution < -0.4 is 10.6 Å². The lowest BCUT2D eigenvalue weighted by Gasteiger charge is -2.26. The lowest BCUT2D eigenvalue weighted by molar-refractivity contribution is -0.139. The van der Waals surface area contributed by atoms with Crippen LogP contribution in [-0.2, 0) is 14.3 Å². The molecule has 32 heavy (non-hydrogen) atoms. The molecule has 168 valence electrons. The number of aliphatic imine (C=N–C) groups is 1.